The Kier molecular flexibility index (Phi) is 6.25. The molecule has 1 saturated heterocycles. The maximum atomic E-state index is 12.3. The van der Waals surface area contributed by atoms with Gasteiger partial charge in [0.05, 0.1) is 19.8 Å². The van der Waals surface area contributed by atoms with Gasteiger partial charge in [0.15, 0.2) is 11.5 Å². The smallest absolute Gasteiger partial charge is 0.273 e. The van der Waals surface area contributed by atoms with Crippen molar-refractivity contribution >= 4 is 5.91 Å². The fourth-order valence-corrected chi connectivity index (χ4v) is 2.88. The standard InChI is InChI=1S/C19H25N3O4/c1-3-25-16-6-4-15(5-7-16)18-12-17(21-26-18)19(23)20-13-14(2)22-8-10-24-11-9-22/h4-7,12,14H,3,8-11,13H2,1-2H3,(H,20,23). The van der Waals surface area contributed by atoms with Crippen LogP contribution in [0.5, 0.6) is 5.75 Å². The predicted molar refractivity (Wildman–Crippen MR) is 97.3 cm³/mol. The van der Waals surface area contributed by atoms with Gasteiger partial charge in [0, 0.05) is 37.3 Å². The van der Waals surface area contributed by atoms with E-state index in [9.17, 15) is 4.79 Å². The molecule has 1 aromatic carbocycles. The van der Waals surface area contributed by atoms with E-state index in [0.29, 0.717) is 18.9 Å². The van der Waals surface area contributed by atoms with Crippen LogP contribution in [-0.4, -0.2) is 61.5 Å². The molecule has 2 aromatic rings. The van der Waals surface area contributed by atoms with Crippen LogP contribution in [0.15, 0.2) is 34.9 Å². The minimum absolute atomic E-state index is 0.231. The Morgan fingerprint density at radius 1 is 1.31 bits per heavy atom. The minimum atomic E-state index is -0.231. The topological polar surface area (TPSA) is 76.8 Å². The Morgan fingerprint density at radius 2 is 2.04 bits per heavy atom. The maximum absolute atomic E-state index is 12.3. The van der Waals surface area contributed by atoms with E-state index in [2.05, 4.69) is 22.3 Å². The summed E-state index contributed by atoms with van der Waals surface area (Å²) >= 11 is 0. The molecule has 26 heavy (non-hydrogen) atoms. The molecule has 0 saturated carbocycles. The molecule has 140 valence electrons. The first-order chi connectivity index (χ1) is 12.7. The number of carbonyl (C=O) groups is 1. The van der Waals surface area contributed by atoms with Crippen molar-refractivity contribution in [2.24, 2.45) is 0 Å². The van der Waals surface area contributed by atoms with E-state index in [1.807, 2.05) is 31.2 Å². The van der Waals surface area contributed by atoms with Crippen molar-refractivity contribution < 1.29 is 18.8 Å². The van der Waals surface area contributed by atoms with E-state index in [4.69, 9.17) is 14.0 Å². The second kappa shape index (κ2) is 8.82. The van der Waals surface area contributed by atoms with Gasteiger partial charge < -0.3 is 19.3 Å². The van der Waals surface area contributed by atoms with E-state index in [0.717, 1.165) is 37.6 Å². The lowest BCUT2D eigenvalue weighted by atomic mass is 10.1. The Hall–Kier alpha value is -2.38. The van der Waals surface area contributed by atoms with Crippen molar-refractivity contribution in [1.29, 1.82) is 0 Å². The van der Waals surface area contributed by atoms with Crippen LogP contribution in [0, 0.1) is 0 Å². The van der Waals surface area contributed by atoms with Crippen LogP contribution in [0.1, 0.15) is 24.3 Å². The summed E-state index contributed by atoms with van der Waals surface area (Å²) in [6.07, 6.45) is 0. The number of nitrogens with zero attached hydrogens (tertiary/aromatic N) is 2. The normalized spacial score (nSPS) is 16.2. The number of ether oxygens (including phenoxy) is 2. The third-order valence-electron chi connectivity index (χ3n) is 4.42. The van der Waals surface area contributed by atoms with Crippen molar-refractivity contribution in [2.75, 3.05) is 39.5 Å². The molecule has 1 amide bonds. The monoisotopic (exact) mass is 359 g/mol. The molecule has 1 unspecified atom stereocenters. The molecule has 1 aliphatic heterocycles. The van der Waals surface area contributed by atoms with Crippen LogP contribution in [0.4, 0.5) is 0 Å². The van der Waals surface area contributed by atoms with Gasteiger partial charge in [-0.05, 0) is 38.1 Å². The zero-order chi connectivity index (χ0) is 18.4. The van der Waals surface area contributed by atoms with Gasteiger partial charge in [0.2, 0.25) is 0 Å². The summed E-state index contributed by atoms with van der Waals surface area (Å²) in [6.45, 7) is 8.49. The predicted octanol–water partition coefficient (Wildman–Crippen LogP) is 2.19. The Balaban J connectivity index is 1.55. The van der Waals surface area contributed by atoms with Gasteiger partial charge in [-0.2, -0.15) is 0 Å². The molecule has 1 N–H and O–H groups in total. The highest BCUT2D eigenvalue weighted by Crippen LogP contribution is 2.23. The van der Waals surface area contributed by atoms with Crippen LogP contribution in [0.3, 0.4) is 0 Å². The molecule has 1 fully saturated rings. The molecule has 0 radical (unpaired) electrons. The van der Waals surface area contributed by atoms with E-state index < -0.39 is 0 Å². The SMILES string of the molecule is CCOc1ccc(-c2cc(C(=O)NCC(C)N3CCOCC3)no2)cc1. The second-order valence-corrected chi connectivity index (χ2v) is 6.24. The molecule has 0 aliphatic carbocycles. The third-order valence-corrected chi connectivity index (χ3v) is 4.42. The zero-order valence-corrected chi connectivity index (χ0v) is 15.2. The number of hydrogen-bond acceptors (Lipinski definition) is 6. The molecule has 2 heterocycles. The van der Waals surface area contributed by atoms with Crippen LogP contribution < -0.4 is 10.1 Å². The van der Waals surface area contributed by atoms with Crippen molar-refractivity contribution in [2.45, 2.75) is 19.9 Å². The molecule has 1 aromatic heterocycles. The second-order valence-electron chi connectivity index (χ2n) is 6.24. The first-order valence-electron chi connectivity index (χ1n) is 8.97. The summed E-state index contributed by atoms with van der Waals surface area (Å²) in [6, 6.07) is 9.41. The molecule has 1 aliphatic rings. The molecule has 0 spiro atoms. The van der Waals surface area contributed by atoms with Gasteiger partial charge in [-0.1, -0.05) is 5.16 Å². The molecule has 7 nitrogen and oxygen atoms in total. The van der Waals surface area contributed by atoms with E-state index in [1.54, 1.807) is 6.07 Å². The number of nitrogens with one attached hydrogen (secondary N) is 1. The lowest BCUT2D eigenvalue weighted by Crippen LogP contribution is -2.47. The largest absolute Gasteiger partial charge is 0.494 e. The quantitative estimate of drug-likeness (QED) is 0.817. The highest BCUT2D eigenvalue weighted by Gasteiger charge is 2.19. The van der Waals surface area contributed by atoms with E-state index in [1.165, 1.54) is 0 Å². The molecule has 7 heteroatoms. The highest BCUT2D eigenvalue weighted by atomic mass is 16.5. The highest BCUT2D eigenvalue weighted by molar-refractivity contribution is 5.93. The van der Waals surface area contributed by atoms with Crippen LogP contribution in [0.25, 0.3) is 11.3 Å². The number of amides is 1. The van der Waals surface area contributed by atoms with Gasteiger partial charge >= 0.3 is 0 Å². The summed E-state index contributed by atoms with van der Waals surface area (Å²) in [5, 5.41) is 6.81. The van der Waals surface area contributed by atoms with Gasteiger partial charge in [-0.15, -0.1) is 0 Å². The fourth-order valence-electron chi connectivity index (χ4n) is 2.88. The van der Waals surface area contributed by atoms with Crippen molar-refractivity contribution in [3.8, 4) is 17.1 Å². The summed E-state index contributed by atoms with van der Waals surface area (Å²) < 4.78 is 16.1. The lowest BCUT2D eigenvalue weighted by Gasteiger charge is -2.32. The number of rotatable bonds is 7. The van der Waals surface area contributed by atoms with Crippen LogP contribution in [0.2, 0.25) is 0 Å². The van der Waals surface area contributed by atoms with Crippen LogP contribution in [-0.2, 0) is 4.74 Å². The van der Waals surface area contributed by atoms with Crippen molar-refractivity contribution in [3.63, 3.8) is 0 Å². The summed E-state index contributed by atoms with van der Waals surface area (Å²) in [7, 11) is 0. The summed E-state index contributed by atoms with van der Waals surface area (Å²) in [5.74, 6) is 1.12. The van der Waals surface area contributed by atoms with Crippen LogP contribution >= 0.6 is 0 Å². The fraction of sp³-hybridized carbons (Fsp3) is 0.474. The lowest BCUT2D eigenvalue weighted by molar-refractivity contribution is 0.0204. The molecular weight excluding hydrogens is 334 g/mol. The molecule has 1 atom stereocenters. The van der Waals surface area contributed by atoms with Gasteiger partial charge in [0.1, 0.15) is 5.75 Å². The van der Waals surface area contributed by atoms with Gasteiger partial charge in [-0.25, -0.2) is 0 Å². The molecular formula is C19H25N3O4. The number of aromatic nitrogens is 1. The summed E-state index contributed by atoms with van der Waals surface area (Å²) in [5.41, 5.74) is 1.13. The maximum Gasteiger partial charge on any atom is 0.273 e. The first kappa shape index (κ1) is 18.4. The van der Waals surface area contributed by atoms with Crippen molar-refractivity contribution in [3.05, 3.63) is 36.0 Å². The minimum Gasteiger partial charge on any atom is -0.494 e. The average Bonchev–Trinajstić information content (AvgIpc) is 3.18. The first-order valence-corrected chi connectivity index (χ1v) is 8.97. The Bertz CT molecular complexity index is 708. The van der Waals surface area contributed by atoms with E-state index in [-0.39, 0.29) is 17.6 Å². The molecule has 0 bridgehead atoms. The third kappa shape index (κ3) is 4.62. The zero-order valence-electron chi connectivity index (χ0n) is 15.2. The van der Waals surface area contributed by atoms with E-state index >= 15 is 0 Å². The summed E-state index contributed by atoms with van der Waals surface area (Å²) in [4.78, 5) is 14.6. The van der Waals surface area contributed by atoms with Gasteiger partial charge in [-0.3, -0.25) is 9.69 Å². The number of hydrogen-bond donors (Lipinski definition) is 1. The average molecular weight is 359 g/mol. The van der Waals surface area contributed by atoms with Gasteiger partial charge in [0.25, 0.3) is 5.91 Å². The van der Waals surface area contributed by atoms with Crippen molar-refractivity contribution in [1.82, 2.24) is 15.4 Å². The Morgan fingerprint density at radius 3 is 2.73 bits per heavy atom. The molecule has 3 rings (SSSR count). The Labute approximate surface area is 153 Å². The number of morpholine rings is 1. The number of carbonyl (C=O) groups excluding carboxylic acids is 1. The number of benzene rings is 1.